The first kappa shape index (κ1) is 14.1. The number of para-hydroxylation sites is 1. The number of benzene rings is 2. The van der Waals surface area contributed by atoms with E-state index in [1.54, 1.807) is 6.07 Å². The molecule has 0 amide bonds. The summed E-state index contributed by atoms with van der Waals surface area (Å²) >= 11 is 0. The van der Waals surface area contributed by atoms with Crippen molar-refractivity contribution >= 4 is 0 Å². The number of ether oxygens (including phenoxy) is 1. The van der Waals surface area contributed by atoms with Crippen LogP contribution in [0.1, 0.15) is 36.1 Å². The molecule has 2 rings (SSSR count). The maximum atomic E-state index is 9.07. The summed E-state index contributed by atoms with van der Waals surface area (Å²) in [5, 5.41) is 9.07. The van der Waals surface area contributed by atoms with Crippen molar-refractivity contribution in [2.75, 3.05) is 0 Å². The topological polar surface area (TPSA) is 59.0 Å². The zero-order valence-electron chi connectivity index (χ0n) is 11.5. The third kappa shape index (κ3) is 3.17. The van der Waals surface area contributed by atoms with E-state index < -0.39 is 0 Å². The zero-order valence-corrected chi connectivity index (χ0v) is 11.5. The zero-order chi connectivity index (χ0) is 14.4. The van der Waals surface area contributed by atoms with Crippen LogP contribution in [0.25, 0.3) is 0 Å². The number of rotatable bonds is 5. The SMILES string of the molecule is CCC(N)c1ccccc1OCc1ccccc1C#N. The summed E-state index contributed by atoms with van der Waals surface area (Å²) in [7, 11) is 0. The molecule has 0 saturated heterocycles. The van der Waals surface area contributed by atoms with Gasteiger partial charge < -0.3 is 10.5 Å². The Morgan fingerprint density at radius 3 is 2.60 bits per heavy atom. The Balaban J connectivity index is 2.17. The molecule has 2 aromatic carbocycles. The van der Waals surface area contributed by atoms with E-state index in [4.69, 9.17) is 15.7 Å². The Bertz CT molecular complexity index is 616. The van der Waals surface area contributed by atoms with Gasteiger partial charge in [-0.05, 0) is 18.6 Å². The van der Waals surface area contributed by atoms with Crippen LogP contribution in [0.15, 0.2) is 48.5 Å². The van der Waals surface area contributed by atoms with Crippen molar-refractivity contribution in [3.05, 3.63) is 65.2 Å². The monoisotopic (exact) mass is 266 g/mol. The first-order valence-electron chi connectivity index (χ1n) is 6.71. The lowest BCUT2D eigenvalue weighted by Gasteiger charge is -2.16. The minimum atomic E-state index is -0.0302. The van der Waals surface area contributed by atoms with Crippen molar-refractivity contribution in [1.82, 2.24) is 0 Å². The number of nitrogens with two attached hydrogens (primary N) is 1. The van der Waals surface area contributed by atoms with Crippen molar-refractivity contribution < 1.29 is 4.74 Å². The molecule has 2 N–H and O–H groups in total. The molecule has 0 spiro atoms. The highest BCUT2D eigenvalue weighted by Crippen LogP contribution is 2.26. The summed E-state index contributed by atoms with van der Waals surface area (Å²) in [5.41, 5.74) is 8.62. The molecule has 3 heteroatoms. The molecular formula is C17H18N2O. The van der Waals surface area contributed by atoms with Crippen molar-refractivity contribution in [3.63, 3.8) is 0 Å². The standard InChI is InChI=1S/C17H18N2O/c1-2-16(19)15-9-5-6-10-17(15)20-12-14-8-4-3-7-13(14)11-18/h3-10,16H,2,12,19H2,1H3. The molecule has 0 aromatic heterocycles. The van der Waals surface area contributed by atoms with E-state index >= 15 is 0 Å². The fourth-order valence-electron chi connectivity index (χ4n) is 2.05. The maximum Gasteiger partial charge on any atom is 0.124 e. The number of nitrogens with zero attached hydrogens (tertiary/aromatic N) is 1. The van der Waals surface area contributed by atoms with Gasteiger partial charge in [0.15, 0.2) is 0 Å². The number of nitriles is 1. The summed E-state index contributed by atoms with van der Waals surface area (Å²) < 4.78 is 5.86. The predicted octanol–water partition coefficient (Wildman–Crippen LogP) is 3.55. The van der Waals surface area contributed by atoms with Gasteiger partial charge in [0.2, 0.25) is 0 Å². The molecule has 0 bridgehead atoms. The van der Waals surface area contributed by atoms with E-state index in [0.29, 0.717) is 12.2 Å². The van der Waals surface area contributed by atoms with Gasteiger partial charge in [0.25, 0.3) is 0 Å². The minimum Gasteiger partial charge on any atom is -0.489 e. The van der Waals surface area contributed by atoms with Gasteiger partial charge in [-0.3, -0.25) is 0 Å². The average molecular weight is 266 g/mol. The van der Waals surface area contributed by atoms with E-state index in [-0.39, 0.29) is 6.04 Å². The molecule has 0 heterocycles. The highest BCUT2D eigenvalue weighted by molar-refractivity contribution is 5.39. The quantitative estimate of drug-likeness (QED) is 0.900. The summed E-state index contributed by atoms with van der Waals surface area (Å²) in [6, 6.07) is 17.4. The Labute approximate surface area is 119 Å². The fourth-order valence-corrected chi connectivity index (χ4v) is 2.05. The molecule has 0 radical (unpaired) electrons. The van der Waals surface area contributed by atoms with Crippen LogP contribution in [-0.4, -0.2) is 0 Å². The minimum absolute atomic E-state index is 0.0302. The van der Waals surface area contributed by atoms with Gasteiger partial charge in [-0.15, -0.1) is 0 Å². The third-order valence-corrected chi connectivity index (χ3v) is 3.28. The maximum absolute atomic E-state index is 9.07. The largest absolute Gasteiger partial charge is 0.489 e. The molecule has 0 fully saturated rings. The number of hydrogen-bond donors (Lipinski definition) is 1. The van der Waals surface area contributed by atoms with E-state index in [1.165, 1.54) is 0 Å². The number of hydrogen-bond acceptors (Lipinski definition) is 3. The van der Waals surface area contributed by atoms with Crippen molar-refractivity contribution in [2.45, 2.75) is 26.0 Å². The molecule has 0 aliphatic rings. The van der Waals surface area contributed by atoms with Crippen LogP contribution in [0.4, 0.5) is 0 Å². The summed E-state index contributed by atoms with van der Waals surface area (Å²) in [6.45, 7) is 2.42. The fraction of sp³-hybridized carbons (Fsp3) is 0.235. The molecule has 102 valence electrons. The summed E-state index contributed by atoms with van der Waals surface area (Å²) in [4.78, 5) is 0. The van der Waals surface area contributed by atoms with Crippen molar-refractivity contribution in [1.29, 1.82) is 5.26 Å². The first-order valence-corrected chi connectivity index (χ1v) is 6.71. The van der Waals surface area contributed by atoms with Crippen LogP contribution in [0.3, 0.4) is 0 Å². The molecular weight excluding hydrogens is 248 g/mol. The van der Waals surface area contributed by atoms with Gasteiger partial charge in [0.05, 0.1) is 11.6 Å². The highest BCUT2D eigenvalue weighted by atomic mass is 16.5. The van der Waals surface area contributed by atoms with Crippen LogP contribution < -0.4 is 10.5 Å². The molecule has 2 aromatic rings. The molecule has 3 nitrogen and oxygen atoms in total. The lowest BCUT2D eigenvalue weighted by Crippen LogP contribution is -2.11. The van der Waals surface area contributed by atoms with Crippen LogP contribution in [0.2, 0.25) is 0 Å². The van der Waals surface area contributed by atoms with Crippen LogP contribution in [0.5, 0.6) is 5.75 Å². The van der Waals surface area contributed by atoms with Crippen LogP contribution in [-0.2, 0) is 6.61 Å². The van der Waals surface area contributed by atoms with Gasteiger partial charge in [-0.2, -0.15) is 5.26 Å². The van der Waals surface area contributed by atoms with Gasteiger partial charge in [0.1, 0.15) is 12.4 Å². The summed E-state index contributed by atoms with van der Waals surface area (Å²) in [6.07, 6.45) is 0.856. The lowest BCUT2D eigenvalue weighted by atomic mass is 10.0. The van der Waals surface area contributed by atoms with Crippen LogP contribution in [0, 0.1) is 11.3 Å². The second-order valence-corrected chi connectivity index (χ2v) is 4.61. The lowest BCUT2D eigenvalue weighted by molar-refractivity contribution is 0.300. The van der Waals surface area contributed by atoms with Crippen LogP contribution >= 0.6 is 0 Å². The third-order valence-electron chi connectivity index (χ3n) is 3.28. The Kier molecular flexibility index (Phi) is 4.75. The molecule has 0 aliphatic carbocycles. The van der Waals surface area contributed by atoms with E-state index in [2.05, 4.69) is 6.07 Å². The molecule has 1 atom stereocenters. The van der Waals surface area contributed by atoms with Gasteiger partial charge >= 0.3 is 0 Å². The molecule has 0 aliphatic heterocycles. The first-order chi connectivity index (χ1) is 9.76. The summed E-state index contributed by atoms with van der Waals surface area (Å²) in [5.74, 6) is 0.787. The van der Waals surface area contributed by atoms with E-state index in [0.717, 1.165) is 23.3 Å². The average Bonchev–Trinajstić information content (AvgIpc) is 2.52. The normalized spacial score (nSPS) is 11.7. The Morgan fingerprint density at radius 2 is 1.85 bits per heavy atom. The second-order valence-electron chi connectivity index (χ2n) is 4.61. The second kappa shape index (κ2) is 6.74. The van der Waals surface area contributed by atoms with Gasteiger partial charge in [0, 0.05) is 17.2 Å². The molecule has 20 heavy (non-hydrogen) atoms. The van der Waals surface area contributed by atoms with E-state index in [9.17, 15) is 0 Å². The van der Waals surface area contributed by atoms with E-state index in [1.807, 2.05) is 49.4 Å². The Morgan fingerprint density at radius 1 is 1.15 bits per heavy atom. The smallest absolute Gasteiger partial charge is 0.124 e. The molecule has 0 saturated carbocycles. The van der Waals surface area contributed by atoms with Gasteiger partial charge in [-0.1, -0.05) is 43.3 Å². The highest BCUT2D eigenvalue weighted by Gasteiger charge is 2.10. The van der Waals surface area contributed by atoms with Crippen molar-refractivity contribution in [3.8, 4) is 11.8 Å². The van der Waals surface area contributed by atoms with Gasteiger partial charge in [-0.25, -0.2) is 0 Å². The predicted molar refractivity (Wildman–Crippen MR) is 79.2 cm³/mol. The molecule has 1 unspecified atom stereocenters. The Hall–Kier alpha value is -2.31. The van der Waals surface area contributed by atoms with Crippen molar-refractivity contribution in [2.24, 2.45) is 5.73 Å².